The van der Waals surface area contributed by atoms with Gasteiger partial charge in [-0.05, 0) is 41.9 Å². The second kappa shape index (κ2) is 5.29. The van der Waals surface area contributed by atoms with Gasteiger partial charge in [0.1, 0.15) is 12.4 Å². The van der Waals surface area contributed by atoms with Gasteiger partial charge in [-0.1, -0.05) is 15.9 Å². The van der Waals surface area contributed by atoms with E-state index in [1.165, 1.54) is 6.07 Å². The third-order valence-electron chi connectivity index (χ3n) is 1.97. The lowest BCUT2D eigenvalue weighted by molar-refractivity contribution is 0.0692. The Morgan fingerprint density at radius 2 is 2.12 bits per heavy atom. The van der Waals surface area contributed by atoms with Crippen LogP contribution in [-0.2, 0) is 6.61 Å². The van der Waals surface area contributed by atoms with E-state index in [0.29, 0.717) is 6.61 Å². The van der Waals surface area contributed by atoms with E-state index in [1.54, 1.807) is 0 Å². The molecule has 0 aliphatic rings. The van der Waals surface area contributed by atoms with Crippen LogP contribution in [0, 0.1) is 0 Å². The van der Waals surface area contributed by atoms with Gasteiger partial charge in [-0.3, -0.25) is 0 Å². The van der Waals surface area contributed by atoms with Crippen molar-refractivity contribution in [1.29, 1.82) is 0 Å². The fraction of sp³-hybridized carbons (Fsp3) is 0.0909. The summed E-state index contributed by atoms with van der Waals surface area (Å²) >= 11 is 4.47. The lowest BCUT2D eigenvalue weighted by atomic mass is 10.3. The van der Waals surface area contributed by atoms with Gasteiger partial charge in [-0.25, -0.2) is 4.79 Å². The predicted molar refractivity (Wildman–Crippen MR) is 67.5 cm³/mol. The summed E-state index contributed by atoms with van der Waals surface area (Å²) in [7, 11) is 0. The number of carboxylic acid groups (broad SMARTS) is 1. The third-order valence-corrected chi connectivity index (χ3v) is 3.26. The maximum absolute atomic E-state index is 10.6. The van der Waals surface area contributed by atoms with Crippen LogP contribution < -0.4 is 4.74 Å². The summed E-state index contributed by atoms with van der Waals surface area (Å²) in [5, 5.41) is 8.71. The normalized spacial score (nSPS) is 10.2. The van der Waals surface area contributed by atoms with Gasteiger partial charge in [0.15, 0.2) is 5.69 Å². The molecule has 2 rings (SSSR count). The largest absolute Gasteiger partial charge is 0.488 e. The summed E-state index contributed by atoms with van der Waals surface area (Å²) in [5.74, 6) is -0.283. The van der Waals surface area contributed by atoms with E-state index in [9.17, 15) is 4.79 Å². The summed E-state index contributed by atoms with van der Waals surface area (Å²) in [6, 6.07) is 8.95. The molecule has 0 unspecified atom stereocenters. The minimum Gasteiger partial charge on any atom is -0.488 e. The van der Waals surface area contributed by atoms with E-state index in [1.807, 2.05) is 24.3 Å². The maximum Gasteiger partial charge on any atom is 0.355 e. The van der Waals surface area contributed by atoms with Gasteiger partial charge < -0.3 is 9.84 Å². The van der Waals surface area contributed by atoms with Crippen LogP contribution >= 0.6 is 27.5 Å². The summed E-state index contributed by atoms with van der Waals surface area (Å²) in [6.45, 7) is 0.326. The molecule has 0 aliphatic carbocycles. The van der Waals surface area contributed by atoms with Crippen LogP contribution in [0.25, 0.3) is 0 Å². The van der Waals surface area contributed by atoms with Crippen LogP contribution in [0.3, 0.4) is 0 Å². The number of benzene rings is 1. The molecule has 0 atom stereocenters. The van der Waals surface area contributed by atoms with Gasteiger partial charge >= 0.3 is 5.97 Å². The number of carbonyl (C=O) groups is 1. The number of ether oxygens (including phenoxy) is 1. The molecule has 1 aromatic carbocycles. The van der Waals surface area contributed by atoms with E-state index in [0.717, 1.165) is 26.6 Å². The van der Waals surface area contributed by atoms with Gasteiger partial charge in [-0.15, -0.1) is 0 Å². The molecular weight excluding hydrogens is 306 g/mol. The molecule has 1 heterocycles. The van der Waals surface area contributed by atoms with E-state index >= 15 is 0 Å². The monoisotopic (exact) mass is 313 g/mol. The number of carboxylic acids is 1. The Bertz CT molecular complexity index is 524. The smallest absolute Gasteiger partial charge is 0.355 e. The van der Waals surface area contributed by atoms with Gasteiger partial charge in [0, 0.05) is 4.47 Å². The summed E-state index contributed by atoms with van der Waals surface area (Å²) in [6.07, 6.45) is 0. The second-order valence-corrected chi connectivity index (χ2v) is 5.03. The molecule has 0 fully saturated rings. The number of aromatic carboxylic acids is 1. The number of hydrogen-bond donors (Lipinski definition) is 1. The van der Waals surface area contributed by atoms with Gasteiger partial charge in [0.05, 0.1) is 4.88 Å². The van der Waals surface area contributed by atoms with Crippen LogP contribution in [0.15, 0.2) is 34.8 Å². The molecule has 2 aromatic rings. The quantitative estimate of drug-likeness (QED) is 0.941. The zero-order chi connectivity index (χ0) is 12.3. The standard InChI is InChI=1S/C11H8BrNO3S/c12-7-1-3-8(4-2-7)16-6-9-5-10(11(14)15)13-17-9/h1-5H,6H2,(H,14,15). The molecule has 0 saturated carbocycles. The van der Waals surface area contributed by atoms with Crippen molar-refractivity contribution in [3.05, 3.63) is 45.4 Å². The van der Waals surface area contributed by atoms with Crippen molar-refractivity contribution >= 4 is 33.4 Å². The fourth-order valence-corrected chi connectivity index (χ4v) is 2.05. The predicted octanol–water partition coefficient (Wildman–Crippen LogP) is 3.18. The topological polar surface area (TPSA) is 59.4 Å². The van der Waals surface area contributed by atoms with E-state index in [-0.39, 0.29) is 5.69 Å². The Hall–Kier alpha value is -1.40. The molecule has 4 nitrogen and oxygen atoms in total. The molecule has 0 radical (unpaired) electrons. The Labute approximate surface area is 110 Å². The molecule has 0 aliphatic heterocycles. The number of halogens is 1. The fourth-order valence-electron chi connectivity index (χ4n) is 1.17. The number of aromatic nitrogens is 1. The first-order valence-electron chi connectivity index (χ1n) is 4.72. The molecule has 0 saturated heterocycles. The molecule has 0 amide bonds. The van der Waals surface area contributed by atoms with E-state index < -0.39 is 5.97 Å². The Kier molecular flexibility index (Phi) is 3.75. The maximum atomic E-state index is 10.6. The molecular formula is C11H8BrNO3S. The van der Waals surface area contributed by atoms with Crippen molar-refractivity contribution in [1.82, 2.24) is 4.37 Å². The van der Waals surface area contributed by atoms with Crippen molar-refractivity contribution in [3.8, 4) is 5.75 Å². The summed E-state index contributed by atoms with van der Waals surface area (Å²) < 4.78 is 10.3. The van der Waals surface area contributed by atoms with Gasteiger partial charge in [0.25, 0.3) is 0 Å². The number of nitrogens with zero attached hydrogens (tertiary/aromatic N) is 1. The number of hydrogen-bond acceptors (Lipinski definition) is 4. The first-order valence-corrected chi connectivity index (χ1v) is 6.29. The molecule has 1 N–H and O–H groups in total. The lowest BCUT2D eigenvalue weighted by Crippen LogP contribution is -1.95. The minimum atomic E-state index is -1.02. The first kappa shape index (κ1) is 12.1. The highest BCUT2D eigenvalue weighted by Crippen LogP contribution is 2.18. The zero-order valence-corrected chi connectivity index (χ0v) is 11.0. The van der Waals surface area contributed by atoms with Crippen LogP contribution in [0.1, 0.15) is 15.4 Å². The Morgan fingerprint density at radius 1 is 1.41 bits per heavy atom. The highest BCUT2D eigenvalue weighted by molar-refractivity contribution is 9.10. The van der Waals surface area contributed by atoms with Crippen LogP contribution in [0.2, 0.25) is 0 Å². The molecule has 0 spiro atoms. The Morgan fingerprint density at radius 3 is 2.71 bits per heavy atom. The molecule has 88 valence electrons. The second-order valence-electron chi connectivity index (χ2n) is 3.23. The highest BCUT2D eigenvalue weighted by Gasteiger charge is 2.08. The lowest BCUT2D eigenvalue weighted by Gasteiger charge is -2.03. The van der Waals surface area contributed by atoms with Crippen molar-refractivity contribution in [2.75, 3.05) is 0 Å². The van der Waals surface area contributed by atoms with Gasteiger partial charge in [-0.2, -0.15) is 4.37 Å². The first-order chi connectivity index (χ1) is 8.15. The van der Waals surface area contributed by atoms with E-state index in [4.69, 9.17) is 9.84 Å². The van der Waals surface area contributed by atoms with Crippen molar-refractivity contribution in [2.45, 2.75) is 6.61 Å². The molecule has 1 aromatic heterocycles. The zero-order valence-electron chi connectivity index (χ0n) is 8.59. The highest BCUT2D eigenvalue weighted by atomic mass is 79.9. The molecule has 0 bridgehead atoms. The summed E-state index contributed by atoms with van der Waals surface area (Å²) in [4.78, 5) is 11.4. The summed E-state index contributed by atoms with van der Waals surface area (Å²) in [5.41, 5.74) is 0.0596. The van der Waals surface area contributed by atoms with Crippen molar-refractivity contribution in [2.24, 2.45) is 0 Å². The van der Waals surface area contributed by atoms with Crippen LogP contribution in [-0.4, -0.2) is 15.4 Å². The van der Waals surface area contributed by atoms with Crippen molar-refractivity contribution in [3.63, 3.8) is 0 Å². The molecule has 6 heteroatoms. The Balaban J connectivity index is 1.97. The average molecular weight is 314 g/mol. The third kappa shape index (κ3) is 3.28. The van der Waals surface area contributed by atoms with Crippen molar-refractivity contribution < 1.29 is 14.6 Å². The minimum absolute atomic E-state index is 0.0596. The van der Waals surface area contributed by atoms with Crippen LogP contribution in [0.4, 0.5) is 0 Å². The number of rotatable bonds is 4. The molecule has 17 heavy (non-hydrogen) atoms. The SMILES string of the molecule is O=C(O)c1cc(COc2ccc(Br)cc2)sn1. The average Bonchev–Trinajstić information content (AvgIpc) is 2.77. The van der Waals surface area contributed by atoms with Crippen LogP contribution in [0.5, 0.6) is 5.75 Å². The van der Waals surface area contributed by atoms with E-state index in [2.05, 4.69) is 20.3 Å². The van der Waals surface area contributed by atoms with Gasteiger partial charge in [0.2, 0.25) is 0 Å².